The van der Waals surface area contributed by atoms with Gasteiger partial charge in [0.1, 0.15) is 0 Å². The molecule has 3 fully saturated rings. The number of nitrogens with zero attached hydrogens (tertiary/aromatic N) is 1. The highest BCUT2D eigenvalue weighted by atomic mass is 16.5. The van der Waals surface area contributed by atoms with Gasteiger partial charge in [-0.05, 0) is 38.5 Å². The molecule has 1 amide bonds. The lowest BCUT2D eigenvalue weighted by molar-refractivity contribution is -0.122. The first-order chi connectivity index (χ1) is 12.6. The molecule has 1 saturated heterocycles. The normalized spacial score (nSPS) is 38.2. The summed E-state index contributed by atoms with van der Waals surface area (Å²) in [7, 11) is 0. The average Bonchev–Trinajstić information content (AvgIpc) is 2.63. The number of carbonyl (C=O) groups excluding carboxylic acids is 1. The van der Waals surface area contributed by atoms with Crippen molar-refractivity contribution in [2.75, 3.05) is 13.2 Å². The van der Waals surface area contributed by atoms with Gasteiger partial charge in [-0.3, -0.25) is 4.79 Å². The third-order valence-corrected chi connectivity index (χ3v) is 6.44. The number of carbonyl (C=O) groups is 1. The lowest BCUT2D eigenvalue weighted by Crippen LogP contribution is -2.65. The third kappa shape index (κ3) is 4.57. The molecule has 0 spiro atoms. The molecule has 6 unspecified atom stereocenters. The maximum atomic E-state index is 11.7. The number of hydrogen-bond acceptors (Lipinski definition) is 5. The number of ether oxygens (including phenoxy) is 1. The Morgan fingerprint density at radius 2 is 2.04 bits per heavy atom. The van der Waals surface area contributed by atoms with Crippen LogP contribution in [0.2, 0.25) is 0 Å². The molecule has 0 aromatic carbocycles. The molecule has 2 saturated carbocycles. The Balaban J connectivity index is 1.74. The van der Waals surface area contributed by atoms with E-state index in [0.29, 0.717) is 24.6 Å². The van der Waals surface area contributed by atoms with E-state index in [-0.39, 0.29) is 30.0 Å². The predicted octanol–water partition coefficient (Wildman–Crippen LogP) is 1.71. The molecule has 3 N–H and O–H groups in total. The van der Waals surface area contributed by atoms with E-state index in [1.54, 1.807) is 6.92 Å². The Morgan fingerprint density at radius 3 is 2.69 bits per heavy atom. The van der Waals surface area contributed by atoms with E-state index < -0.39 is 0 Å². The van der Waals surface area contributed by atoms with Gasteiger partial charge in [0.2, 0.25) is 5.91 Å². The van der Waals surface area contributed by atoms with E-state index in [9.17, 15) is 10.1 Å². The second-order valence-corrected chi connectivity index (χ2v) is 8.21. The number of nitriles is 1. The predicted molar refractivity (Wildman–Crippen MR) is 100 cm³/mol. The van der Waals surface area contributed by atoms with Crippen LogP contribution in [0.5, 0.6) is 0 Å². The maximum absolute atomic E-state index is 11.7. The monoisotopic (exact) mass is 362 g/mol. The van der Waals surface area contributed by atoms with Crippen molar-refractivity contribution in [2.45, 2.75) is 89.1 Å². The maximum Gasteiger partial charge on any atom is 0.217 e. The molecule has 3 aliphatic rings. The summed E-state index contributed by atoms with van der Waals surface area (Å²) in [6.45, 7) is 4.98. The van der Waals surface area contributed by atoms with Gasteiger partial charge < -0.3 is 20.7 Å². The van der Waals surface area contributed by atoms with Crippen LogP contribution < -0.4 is 16.0 Å². The Hall–Kier alpha value is -1.16. The molecular formula is C20H34N4O2. The SMILES string of the molecule is CCOC1CC2NCC(C#N)C(NC3CCCCC3)C2CC1NC(C)=O. The summed E-state index contributed by atoms with van der Waals surface area (Å²) in [6, 6.07) is 3.64. The number of fused-ring (bicyclic) bond motifs is 1. The van der Waals surface area contributed by atoms with Crippen molar-refractivity contribution in [2.24, 2.45) is 11.8 Å². The van der Waals surface area contributed by atoms with Gasteiger partial charge in [0.25, 0.3) is 0 Å². The second kappa shape index (κ2) is 9.16. The summed E-state index contributed by atoms with van der Waals surface area (Å²) in [5.74, 6) is 0.333. The number of amides is 1. The van der Waals surface area contributed by atoms with Crippen LogP contribution in [0.4, 0.5) is 0 Å². The fraction of sp³-hybridized carbons (Fsp3) is 0.900. The Bertz CT molecular complexity index is 514. The molecule has 0 aromatic heterocycles. The minimum absolute atomic E-state index is 0.00413. The lowest BCUT2D eigenvalue weighted by atomic mass is 9.69. The molecule has 26 heavy (non-hydrogen) atoms. The molecule has 0 radical (unpaired) electrons. The molecule has 2 aliphatic carbocycles. The molecule has 0 aromatic rings. The zero-order valence-corrected chi connectivity index (χ0v) is 16.2. The molecular weight excluding hydrogens is 328 g/mol. The fourth-order valence-electron chi connectivity index (χ4n) is 5.25. The van der Waals surface area contributed by atoms with Crippen molar-refractivity contribution < 1.29 is 9.53 Å². The summed E-state index contributed by atoms with van der Waals surface area (Å²) in [4.78, 5) is 11.7. The van der Waals surface area contributed by atoms with E-state index in [1.807, 2.05) is 6.92 Å². The van der Waals surface area contributed by atoms with Crippen LogP contribution in [0.1, 0.15) is 58.8 Å². The summed E-state index contributed by atoms with van der Waals surface area (Å²) in [6.07, 6.45) is 8.15. The molecule has 146 valence electrons. The van der Waals surface area contributed by atoms with Gasteiger partial charge in [0, 0.05) is 38.2 Å². The van der Waals surface area contributed by atoms with Crippen molar-refractivity contribution in [3.8, 4) is 6.07 Å². The highest BCUT2D eigenvalue weighted by Gasteiger charge is 2.46. The van der Waals surface area contributed by atoms with Gasteiger partial charge in [0.15, 0.2) is 0 Å². The third-order valence-electron chi connectivity index (χ3n) is 6.44. The fourth-order valence-corrected chi connectivity index (χ4v) is 5.25. The van der Waals surface area contributed by atoms with Gasteiger partial charge in [-0.1, -0.05) is 19.3 Å². The smallest absolute Gasteiger partial charge is 0.217 e. The van der Waals surface area contributed by atoms with Crippen molar-refractivity contribution in [1.82, 2.24) is 16.0 Å². The number of hydrogen-bond donors (Lipinski definition) is 3. The van der Waals surface area contributed by atoms with Crippen LogP contribution in [0, 0.1) is 23.2 Å². The van der Waals surface area contributed by atoms with E-state index >= 15 is 0 Å². The minimum atomic E-state index is -0.0141. The first-order valence-corrected chi connectivity index (χ1v) is 10.4. The summed E-state index contributed by atoms with van der Waals surface area (Å²) in [5.41, 5.74) is 0. The molecule has 6 atom stereocenters. The summed E-state index contributed by atoms with van der Waals surface area (Å²) < 4.78 is 5.94. The highest BCUT2D eigenvalue weighted by molar-refractivity contribution is 5.73. The zero-order chi connectivity index (χ0) is 18.5. The van der Waals surface area contributed by atoms with E-state index in [4.69, 9.17) is 4.74 Å². The van der Waals surface area contributed by atoms with Crippen LogP contribution in [-0.2, 0) is 9.53 Å². The lowest BCUT2D eigenvalue weighted by Gasteiger charge is -2.50. The van der Waals surface area contributed by atoms with Crippen molar-refractivity contribution in [1.29, 1.82) is 5.26 Å². The topological polar surface area (TPSA) is 86.2 Å². The zero-order valence-electron chi connectivity index (χ0n) is 16.2. The Morgan fingerprint density at radius 1 is 1.27 bits per heavy atom. The largest absolute Gasteiger partial charge is 0.376 e. The van der Waals surface area contributed by atoms with Crippen LogP contribution in [0.25, 0.3) is 0 Å². The first-order valence-electron chi connectivity index (χ1n) is 10.4. The molecule has 1 heterocycles. The molecule has 3 rings (SSSR count). The summed E-state index contributed by atoms with van der Waals surface area (Å²) >= 11 is 0. The average molecular weight is 363 g/mol. The quantitative estimate of drug-likeness (QED) is 0.693. The minimum Gasteiger partial charge on any atom is -0.376 e. The van der Waals surface area contributed by atoms with Gasteiger partial charge in [-0.15, -0.1) is 0 Å². The molecule has 1 aliphatic heterocycles. The van der Waals surface area contributed by atoms with Crippen LogP contribution in [-0.4, -0.2) is 49.3 Å². The van der Waals surface area contributed by atoms with Crippen LogP contribution >= 0.6 is 0 Å². The molecule has 6 heteroatoms. The second-order valence-electron chi connectivity index (χ2n) is 8.21. The van der Waals surface area contributed by atoms with E-state index in [1.165, 1.54) is 32.1 Å². The van der Waals surface area contributed by atoms with Gasteiger partial charge in [0.05, 0.1) is 24.1 Å². The van der Waals surface area contributed by atoms with Gasteiger partial charge in [-0.2, -0.15) is 5.26 Å². The number of rotatable bonds is 5. The van der Waals surface area contributed by atoms with Gasteiger partial charge >= 0.3 is 0 Å². The molecule has 6 nitrogen and oxygen atoms in total. The van der Waals surface area contributed by atoms with E-state index in [2.05, 4.69) is 22.0 Å². The highest BCUT2D eigenvalue weighted by Crippen LogP contribution is 2.35. The Kier molecular flexibility index (Phi) is 6.91. The van der Waals surface area contributed by atoms with Crippen molar-refractivity contribution in [3.05, 3.63) is 0 Å². The van der Waals surface area contributed by atoms with Crippen molar-refractivity contribution >= 4 is 5.91 Å². The van der Waals surface area contributed by atoms with Crippen molar-refractivity contribution in [3.63, 3.8) is 0 Å². The van der Waals surface area contributed by atoms with Crippen LogP contribution in [0.3, 0.4) is 0 Å². The number of piperidine rings is 1. The molecule has 0 bridgehead atoms. The summed E-state index contributed by atoms with van der Waals surface area (Å²) in [5, 5.41) is 20.3. The van der Waals surface area contributed by atoms with Crippen LogP contribution in [0.15, 0.2) is 0 Å². The standard InChI is InChI=1S/C20H34N4O2/c1-3-26-19-10-17-16(9-18(19)23-13(2)25)20(14(11-21)12-22-17)24-15-7-5-4-6-8-15/h14-20,22,24H,3-10,12H2,1-2H3,(H,23,25). The van der Waals surface area contributed by atoms with E-state index in [0.717, 1.165) is 19.4 Å². The first kappa shape index (κ1) is 19.6. The van der Waals surface area contributed by atoms with Gasteiger partial charge in [-0.25, -0.2) is 0 Å². The number of nitrogens with one attached hydrogen (secondary N) is 3. The Labute approximate surface area is 157 Å².